The van der Waals surface area contributed by atoms with Gasteiger partial charge in [0.25, 0.3) is 0 Å². The van der Waals surface area contributed by atoms with Crippen molar-refractivity contribution >= 4 is 18.0 Å². The van der Waals surface area contributed by atoms with Gasteiger partial charge in [0.05, 0.1) is 7.11 Å². The molecular formula is C30H32N2O5. The number of hydrogen-bond acceptors (Lipinski definition) is 5. The lowest BCUT2D eigenvalue weighted by Gasteiger charge is -2.35. The van der Waals surface area contributed by atoms with Crippen LogP contribution in [0.2, 0.25) is 0 Å². The van der Waals surface area contributed by atoms with Crippen LogP contribution in [0.1, 0.15) is 36.5 Å². The molecule has 4 rings (SSSR count). The van der Waals surface area contributed by atoms with E-state index >= 15 is 0 Å². The molecule has 1 N–H and O–H groups in total. The highest BCUT2D eigenvalue weighted by molar-refractivity contribution is 5.91. The Morgan fingerprint density at radius 2 is 1.43 bits per heavy atom. The Morgan fingerprint density at radius 1 is 0.892 bits per heavy atom. The zero-order valence-electron chi connectivity index (χ0n) is 21.6. The number of esters is 1. The van der Waals surface area contributed by atoms with Gasteiger partial charge in [0.15, 0.2) is 0 Å². The van der Waals surface area contributed by atoms with Gasteiger partial charge in [-0.3, -0.25) is 4.79 Å². The van der Waals surface area contributed by atoms with Gasteiger partial charge in [-0.05, 0) is 41.7 Å². The first kappa shape index (κ1) is 25.9. The lowest BCUT2D eigenvalue weighted by atomic mass is 9.98. The van der Waals surface area contributed by atoms with Crippen molar-refractivity contribution in [1.82, 2.24) is 10.2 Å². The van der Waals surface area contributed by atoms with Crippen LogP contribution in [0.15, 0.2) is 78.9 Å². The first-order valence-electron chi connectivity index (χ1n) is 12.3. The highest BCUT2D eigenvalue weighted by Crippen LogP contribution is 2.44. The number of likely N-dealkylation sites (N-methyl/N-ethyl adjacent to an activating group) is 1. The Labute approximate surface area is 217 Å². The molecule has 37 heavy (non-hydrogen) atoms. The van der Waals surface area contributed by atoms with E-state index in [1.807, 2.05) is 66.7 Å². The number of ether oxygens (including phenoxy) is 2. The van der Waals surface area contributed by atoms with Gasteiger partial charge in [0, 0.05) is 19.4 Å². The largest absolute Gasteiger partial charge is 0.467 e. The van der Waals surface area contributed by atoms with E-state index in [4.69, 9.17) is 9.47 Å². The quantitative estimate of drug-likeness (QED) is 0.459. The van der Waals surface area contributed by atoms with Crippen LogP contribution < -0.4 is 5.32 Å². The molecule has 0 heterocycles. The highest BCUT2D eigenvalue weighted by Gasteiger charge is 2.39. The Hall–Kier alpha value is -4.13. The molecule has 2 amide bonds. The number of benzene rings is 3. The Balaban J connectivity index is 1.50. The number of carbonyl (C=O) groups excluding carboxylic acids is 3. The van der Waals surface area contributed by atoms with Gasteiger partial charge in [-0.2, -0.15) is 0 Å². The summed E-state index contributed by atoms with van der Waals surface area (Å²) in [6.45, 7) is 3.34. The van der Waals surface area contributed by atoms with E-state index < -0.39 is 29.6 Å². The number of nitrogens with one attached hydrogen (secondary N) is 1. The topological polar surface area (TPSA) is 84.9 Å². The van der Waals surface area contributed by atoms with E-state index in [0.29, 0.717) is 0 Å². The summed E-state index contributed by atoms with van der Waals surface area (Å²) >= 11 is 0. The Kier molecular flexibility index (Phi) is 7.62. The van der Waals surface area contributed by atoms with E-state index in [1.54, 1.807) is 13.8 Å². The molecule has 0 spiro atoms. The van der Waals surface area contributed by atoms with Gasteiger partial charge < -0.3 is 19.7 Å². The number of alkyl carbamates (subject to hydrolysis) is 1. The first-order valence-corrected chi connectivity index (χ1v) is 12.3. The molecule has 192 valence electrons. The summed E-state index contributed by atoms with van der Waals surface area (Å²) in [5.74, 6) is -1.07. The molecule has 3 aromatic carbocycles. The van der Waals surface area contributed by atoms with E-state index in [2.05, 4.69) is 17.4 Å². The number of nitrogens with zero attached hydrogens (tertiary/aromatic N) is 1. The second kappa shape index (κ2) is 10.9. The molecule has 7 heteroatoms. The fourth-order valence-electron chi connectivity index (χ4n) is 4.73. The molecule has 1 aliphatic carbocycles. The molecule has 1 aliphatic rings. The maximum Gasteiger partial charge on any atom is 0.407 e. The molecule has 0 radical (unpaired) electrons. The van der Waals surface area contributed by atoms with E-state index in [0.717, 1.165) is 27.8 Å². The van der Waals surface area contributed by atoms with Crippen LogP contribution in [-0.4, -0.2) is 55.2 Å². The Bertz CT molecular complexity index is 1240. The maximum atomic E-state index is 13.5. The van der Waals surface area contributed by atoms with Crippen molar-refractivity contribution in [3.63, 3.8) is 0 Å². The second-order valence-electron chi connectivity index (χ2n) is 9.66. The molecule has 7 nitrogen and oxygen atoms in total. The lowest BCUT2D eigenvalue weighted by Crippen LogP contribution is -2.58. The van der Waals surface area contributed by atoms with Crippen LogP contribution in [-0.2, 0) is 25.5 Å². The maximum absolute atomic E-state index is 13.5. The SMILES string of the molecule is COC(=O)C(C)(C)N(C)C(=O)[C@H](Cc1ccccc1)NC(=O)OCC1c2ccccc2-c2ccccc21. The van der Waals surface area contributed by atoms with Crippen LogP contribution in [0.25, 0.3) is 11.1 Å². The van der Waals surface area contributed by atoms with Gasteiger partial charge in [-0.25, -0.2) is 9.59 Å². The fraction of sp³-hybridized carbons (Fsp3) is 0.300. The molecule has 3 aromatic rings. The summed E-state index contributed by atoms with van der Waals surface area (Å²) < 4.78 is 10.6. The van der Waals surface area contributed by atoms with E-state index in [-0.39, 0.29) is 18.9 Å². The van der Waals surface area contributed by atoms with Crippen LogP contribution in [0.5, 0.6) is 0 Å². The third-order valence-corrected chi connectivity index (χ3v) is 7.07. The van der Waals surface area contributed by atoms with Crippen molar-refractivity contribution < 1.29 is 23.9 Å². The highest BCUT2D eigenvalue weighted by atomic mass is 16.5. The van der Waals surface area contributed by atoms with E-state index in [9.17, 15) is 14.4 Å². The van der Waals surface area contributed by atoms with Crippen LogP contribution in [0, 0.1) is 0 Å². The van der Waals surface area contributed by atoms with Crippen molar-refractivity contribution in [1.29, 1.82) is 0 Å². The first-order chi connectivity index (χ1) is 17.7. The smallest absolute Gasteiger partial charge is 0.407 e. The normalized spacial score (nSPS) is 13.2. The summed E-state index contributed by atoms with van der Waals surface area (Å²) in [6, 6.07) is 24.6. The predicted octanol–water partition coefficient (Wildman–Crippen LogP) is 4.55. The molecular weight excluding hydrogens is 468 g/mol. The fourth-order valence-corrected chi connectivity index (χ4v) is 4.73. The zero-order valence-corrected chi connectivity index (χ0v) is 21.6. The summed E-state index contributed by atoms with van der Waals surface area (Å²) in [4.78, 5) is 40.1. The van der Waals surface area contributed by atoms with E-state index in [1.165, 1.54) is 19.1 Å². The van der Waals surface area contributed by atoms with Crippen molar-refractivity contribution in [2.45, 2.75) is 37.8 Å². The molecule has 0 fully saturated rings. The number of amides is 2. The summed E-state index contributed by atoms with van der Waals surface area (Å²) in [6.07, 6.45) is -0.453. The minimum Gasteiger partial charge on any atom is -0.467 e. The molecule has 0 aromatic heterocycles. The lowest BCUT2D eigenvalue weighted by molar-refractivity contribution is -0.158. The third-order valence-electron chi connectivity index (χ3n) is 7.07. The number of rotatable bonds is 8. The molecule has 0 bridgehead atoms. The number of methoxy groups -OCH3 is 1. The van der Waals surface area contributed by atoms with Gasteiger partial charge in [0.2, 0.25) is 5.91 Å². The summed E-state index contributed by atoms with van der Waals surface area (Å²) in [7, 11) is 2.80. The minimum atomic E-state index is -1.22. The minimum absolute atomic E-state index is 0.0950. The number of carbonyl (C=O) groups is 3. The molecule has 0 aliphatic heterocycles. The molecule has 1 atom stereocenters. The van der Waals surface area contributed by atoms with Gasteiger partial charge in [0.1, 0.15) is 18.2 Å². The summed E-state index contributed by atoms with van der Waals surface area (Å²) in [5, 5.41) is 2.74. The number of hydrogen-bond donors (Lipinski definition) is 1. The molecule has 0 saturated carbocycles. The van der Waals surface area contributed by atoms with Crippen molar-refractivity contribution in [3.05, 3.63) is 95.6 Å². The van der Waals surface area contributed by atoms with Gasteiger partial charge >= 0.3 is 12.1 Å². The average Bonchev–Trinajstić information content (AvgIpc) is 3.24. The van der Waals surface area contributed by atoms with Gasteiger partial charge in [-0.1, -0.05) is 78.9 Å². The van der Waals surface area contributed by atoms with Crippen LogP contribution in [0.3, 0.4) is 0 Å². The average molecular weight is 501 g/mol. The number of fused-ring (bicyclic) bond motifs is 3. The summed E-state index contributed by atoms with van der Waals surface area (Å²) in [5.41, 5.74) is 4.13. The zero-order chi connectivity index (χ0) is 26.6. The Morgan fingerprint density at radius 3 is 2.00 bits per heavy atom. The predicted molar refractivity (Wildman–Crippen MR) is 141 cm³/mol. The van der Waals surface area contributed by atoms with Crippen LogP contribution >= 0.6 is 0 Å². The van der Waals surface area contributed by atoms with Crippen LogP contribution in [0.4, 0.5) is 4.79 Å². The third kappa shape index (κ3) is 5.35. The molecule has 0 saturated heterocycles. The molecule has 0 unspecified atom stereocenters. The second-order valence-corrected chi connectivity index (χ2v) is 9.66. The van der Waals surface area contributed by atoms with Crippen molar-refractivity contribution in [3.8, 4) is 11.1 Å². The standard InChI is InChI=1S/C30H32N2O5/c1-30(2,28(34)36-4)32(3)27(33)26(18-20-12-6-5-7-13-20)31-29(35)37-19-25-23-16-10-8-14-21(23)22-15-9-11-17-24(22)25/h5-17,25-26H,18-19H2,1-4H3,(H,31,35)/t26-/m0/s1. The monoisotopic (exact) mass is 500 g/mol. The van der Waals surface area contributed by atoms with Crippen molar-refractivity contribution in [2.24, 2.45) is 0 Å². The van der Waals surface area contributed by atoms with Gasteiger partial charge in [-0.15, -0.1) is 0 Å². The van der Waals surface area contributed by atoms with Crippen molar-refractivity contribution in [2.75, 3.05) is 20.8 Å².